The molecule has 1 heterocycles. The van der Waals surface area contributed by atoms with Gasteiger partial charge in [0.1, 0.15) is 17.3 Å². The number of hydrogen-bond donors (Lipinski definition) is 2. The van der Waals surface area contributed by atoms with Crippen molar-refractivity contribution in [2.75, 3.05) is 6.54 Å². The maximum Gasteiger partial charge on any atom is 0.251 e. The van der Waals surface area contributed by atoms with Crippen molar-refractivity contribution in [2.45, 2.75) is 6.54 Å². The van der Waals surface area contributed by atoms with Gasteiger partial charge in [0.25, 0.3) is 5.91 Å². The van der Waals surface area contributed by atoms with Crippen molar-refractivity contribution in [1.29, 1.82) is 0 Å². The molecule has 0 unspecified atom stereocenters. The largest absolute Gasteiger partial charge is 0.459 e. The zero-order valence-electron chi connectivity index (χ0n) is 13.9. The molecule has 0 fully saturated rings. The Morgan fingerprint density at radius 1 is 0.885 bits per heavy atom. The molecule has 132 valence electrons. The molecular weight excluding hydrogens is 335 g/mol. The van der Waals surface area contributed by atoms with Crippen molar-refractivity contribution in [3.05, 3.63) is 83.9 Å². The normalized spacial score (nSPS) is 10.3. The lowest BCUT2D eigenvalue weighted by Gasteiger charge is -2.06. The van der Waals surface area contributed by atoms with Gasteiger partial charge in [-0.2, -0.15) is 0 Å². The van der Waals surface area contributed by atoms with E-state index in [4.69, 9.17) is 4.42 Å². The van der Waals surface area contributed by atoms with Crippen LogP contribution in [0.15, 0.2) is 71.1 Å². The van der Waals surface area contributed by atoms with Crippen LogP contribution >= 0.6 is 0 Å². The predicted octanol–water partition coefficient (Wildman–Crippen LogP) is 3.13. The molecule has 0 saturated heterocycles. The van der Waals surface area contributed by atoms with Crippen LogP contribution < -0.4 is 10.6 Å². The van der Waals surface area contributed by atoms with Gasteiger partial charge in [0, 0.05) is 11.1 Å². The third kappa shape index (κ3) is 4.57. The number of nitrogens with one attached hydrogen (secondary N) is 2. The van der Waals surface area contributed by atoms with E-state index in [0.29, 0.717) is 17.1 Å². The molecule has 0 bridgehead atoms. The van der Waals surface area contributed by atoms with Gasteiger partial charge in [0.15, 0.2) is 0 Å². The second-order valence-corrected chi connectivity index (χ2v) is 5.60. The van der Waals surface area contributed by atoms with E-state index in [1.165, 1.54) is 12.1 Å². The van der Waals surface area contributed by atoms with Gasteiger partial charge in [-0.05, 0) is 48.5 Å². The molecule has 5 nitrogen and oxygen atoms in total. The fraction of sp³-hybridized carbons (Fsp3) is 0.100. The number of rotatable bonds is 6. The lowest BCUT2D eigenvalue weighted by atomic mass is 10.2. The van der Waals surface area contributed by atoms with Crippen LogP contribution in [0.5, 0.6) is 0 Å². The smallest absolute Gasteiger partial charge is 0.251 e. The SMILES string of the molecule is O=C(CNC(=O)c1ccccc1)NCc1ccc(-c2ccc(F)cc2)o1. The van der Waals surface area contributed by atoms with Gasteiger partial charge >= 0.3 is 0 Å². The average Bonchev–Trinajstić information content (AvgIpc) is 3.14. The van der Waals surface area contributed by atoms with Crippen LogP contribution in [0.25, 0.3) is 11.3 Å². The molecule has 0 radical (unpaired) electrons. The number of hydrogen-bond acceptors (Lipinski definition) is 3. The fourth-order valence-corrected chi connectivity index (χ4v) is 2.34. The van der Waals surface area contributed by atoms with E-state index in [9.17, 15) is 14.0 Å². The maximum atomic E-state index is 12.9. The molecule has 26 heavy (non-hydrogen) atoms. The van der Waals surface area contributed by atoms with Crippen molar-refractivity contribution in [2.24, 2.45) is 0 Å². The molecule has 0 atom stereocenters. The van der Waals surface area contributed by atoms with Crippen molar-refractivity contribution in [1.82, 2.24) is 10.6 Å². The Balaban J connectivity index is 1.47. The van der Waals surface area contributed by atoms with Crippen LogP contribution in [0, 0.1) is 5.82 Å². The first-order valence-corrected chi connectivity index (χ1v) is 8.06. The minimum atomic E-state index is -0.325. The highest BCUT2D eigenvalue weighted by Crippen LogP contribution is 2.22. The molecular formula is C20H17FN2O3. The molecule has 0 aliphatic heterocycles. The van der Waals surface area contributed by atoms with Crippen LogP contribution in [0.2, 0.25) is 0 Å². The Morgan fingerprint density at radius 3 is 2.35 bits per heavy atom. The Hall–Kier alpha value is -3.41. The summed E-state index contributed by atoms with van der Waals surface area (Å²) in [5.41, 5.74) is 1.24. The van der Waals surface area contributed by atoms with Crippen LogP contribution in [0.4, 0.5) is 4.39 Å². The lowest BCUT2D eigenvalue weighted by Crippen LogP contribution is -2.36. The van der Waals surface area contributed by atoms with Gasteiger partial charge in [0.2, 0.25) is 5.91 Å². The topological polar surface area (TPSA) is 71.3 Å². The van der Waals surface area contributed by atoms with Crippen molar-refractivity contribution < 1.29 is 18.4 Å². The first-order valence-electron chi connectivity index (χ1n) is 8.06. The van der Waals surface area contributed by atoms with Gasteiger partial charge in [-0.15, -0.1) is 0 Å². The predicted molar refractivity (Wildman–Crippen MR) is 94.7 cm³/mol. The number of furan rings is 1. The minimum absolute atomic E-state index is 0.126. The second kappa shape index (κ2) is 8.11. The van der Waals surface area contributed by atoms with Gasteiger partial charge in [-0.1, -0.05) is 18.2 Å². The Bertz CT molecular complexity index is 889. The lowest BCUT2D eigenvalue weighted by molar-refractivity contribution is -0.120. The minimum Gasteiger partial charge on any atom is -0.459 e. The standard InChI is InChI=1S/C20H17FN2O3/c21-16-8-6-14(7-9-16)18-11-10-17(26-18)12-22-19(24)13-23-20(25)15-4-2-1-3-5-15/h1-11H,12-13H2,(H,22,24)(H,23,25). The summed E-state index contributed by atoms with van der Waals surface area (Å²) < 4.78 is 18.6. The summed E-state index contributed by atoms with van der Waals surface area (Å²) >= 11 is 0. The van der Waals surface area contributed by atoms with E-state index in [1.807, 2.05) is 6.07 Å². The molecule has 2 aromatic carbocycles. The van der Waals surface area contributed by atoms with Gasteiger partial charge in [-0.25, -0.2) is 4.39 Å². The van der Waals surface area contributed by atoms with E-state index in [1.54, 1.807) is 48.5 Å². The zero-order chi connectivity index (χ0) is 18.4. The average molecular weight is 352 g/mol. The van der Waals surface area contributed by atoms with E-state index in [2.05, 4.69) is 10.6 Å². The molecule has 3 aromatic rings. The van der Waals surface area contributed by atoms with Crippen LogP contribution in [-0.2, 0) is 11.3 Å². The number of carbonyl (C=O) groups excluding carboxylic acids is 2. The molecule has 3 rings (SSSR count). The summed E-state index contributed by atoms with van der Waals surface area (Å²) in [7, 11) is 0. The third-order valence-corrected chi connectivity index (χ3v) is 3.70. The summed E-state index contributed by atoms with van der Waals surface area (Å²) in [5.74, 6) is 0.204. The van der Waals surface area contributed by atoms with Crippen LogP contribution in [-0.4, -0.2) is 18.4 Å². The summed E-state index contributed by atoms with van der Waals surface area (Å²) in [4.78, 5) is 23.7. The maximum absolute atomic E-state index is 12.9. The molecule has 0 aliphatic carbocycles. The highest BCUT2D eigenvalue weighted by atomic mass is 19.1. The molecule has 2 amide bonds. The highest BCUT2D eigenvalue weighted by molar-refractivity contribution is 5.96. The first kappa shape index (κ1) is 17.4. The monoisotopic (exact) mass is 352 g/mol. The summed E-state index contributed by atoms with van der Waals surface area (Å²) in [6.07, 6.45) is 0. The quantitative estimate of drug-likeness (QED) is 0.716. The molecule has 6 heteroatoms. The molecule has 1 aromatic heterocycles. The number of halogens is 1. The van der Waals surface area contributed by atoms with Crippen molar-refractivity contribution >= 4 is 11.8 Å². The molecule has 0 aliphatic rings. The van der Waals surface area contributed by atoms with Gasteiger partial charge in [-0.3, -0.25) is 9.59 Å². The fourth-order valence-electron chi connectivity index (χ4n) is 2.34. The van der Waals surface area contributed by atoms with E-state index < -0.39 is 0 Å². The van der Waals surface area contributed by atoms with Crippen LogP contribution in [0.3, 0.4) is 0 Å². The molecule has 0 spiro atoms. The third-order valence-electron chi connectivity index (χ3n) is 3.70. The van der Waals surface area contributed by atoms with E-state index >= 15 is 0 Å². The first-order chi connectivity index (χ1) is 12.6. The van der Waals surface area contributed by atoms with E-state index in [0.717, 1.165) is 5.56 Å². The number of benzene rings is 2. The Labute approximate surface area is 149 Å². The van der Waals surface area contributed by atoms with Crippen molar-refractivity contribution in [3.8, 4) is 11.3 Å². The number of carbonyl (C=O) groups is 2. The Kier molecular flexibility index (Phi) is 5.43. The van der Waals surface area contributed by atoms with Gasteiger partial charge < -0.3 is 15.1 Å². The van der Waals surface area contributed by atoms with Gasteiger partial charge in [0.05, 0.1) is 13.1 Å². The summed E-state index contributed by atoms with van der Waals surface area (Å²) in [5, 5.41) is 5.23. The molecule has 0 saturated carbocycles. The zero-order valence-corrected chi connectivity index (χ0v) is 13.9. The highest BCUT2D eigenvalue weighted by Gasteiger charge is 2.09. The Morgan fingerprint density at radius 2 is 1.62 bits per heavy atom. The number of amides is 2. The van der Waals surface area contributed by atoms with E-state index in [-0.39, 0.29) is 30.7 Å². The molecule has 2 N–H and O–H groups in total. The van der Waals surface area contributed by atoms with Crippen LogP contribution in [0.1, 0.15) is 16.1 Å². The summed E-state index contributed by atoms with van der Waals surface area (Å²) in [6.45, 7) is 0.0699. The summed E-state index contributed by atoms with van der Waals surface area (Å²) in [6, 6.07) is 18.1. The van der Waals surface area contributed by atoms with Crippen molar-refractivity contribution in [3.63, 3.8) is 0 Å². The second-order valence-electron chi connectivity index (χ2n) is 5.60.